The standard InChI is InChI=1S/C10H9NO6S2/c11-9-4-6-1-2-8(18-17-16-12)3-7(6)5-10(9)19(13,14)15/h1-5,12H,11H2,(H,13,14,15). The number of benzene rings is 2. The van der Waals surface area contributed by atoms with E-state index in [-0.39, 0.29) is 10.6 Å². The van der Waals surface area contributed by atoms with Crippen LogP contribution in [0.2, 0.25) is 0 Å². The third kappa shape index (κ3) is 3.15. The highest BCUT2D eigenvalue weighted by molar-refractivity contribution is 7.94. The van der Waals surface area contributed by atoms with Crippen molar-refractivity contribution in [1.82, 2.24) is 0 Å². The Morgan fingerprint density at radius 3 is 2.53 bits per heavy atom. The summed E-state index contributed by atoms with van der Waals surface area (Å²) in [4.78, 5) is 0.203. The van der Waals surface area contributed by atoms with Gasteiger partial charge in [-0.05, 0) is 35.0 Å². The van der Waals surface area contributed by atoms with Crippen molar-refractivity contribution in [3.05, 3.63) is 30.3 Å². The van der Waals surface area contributed by atoms with Gasteiger partial charge in [-0.2, -0.15) is 8.42 Å². The molecule has 0 saturated heterocycles. The molecule has 0 amide bonds. The van der Waals surface area contributed by atoms with Gasteiger partial charge in [-0.15, -0.1) is 4.33 Å². The summed E-state index contributed by atoms with van der Waals surface area (Å²) in [5.41, 5.74) is 5.53. The Hall–Kier alpha value is -1.36. The summed E-state index contributed by atoms with van der Waals surface area (Å²) in [7, 11) is -4.38. The zero-order valence-corrected chi connectivity index (χ0v) is 10.9. The lowest BCUT2D eigenvalue weighted by molar-refractivity contribution is -0.432. The van der Waals surface area contributed by atoms with Crippen LogP contribution in [0.5, 0.6) is 0 Å². The first-order chi connectivity index (χ1) is 8.91. The van der Waals surface area contributed by atoms with E-state index in [0.29, 0.717) is 15.7 Å². The molecule has 0 fully saturated rings. The van der Waals surface area contributed by atoms with Crippen LogP contribution in [-0.2, 0) is 19.5 Å². The van der Waals surface area contributed by atoms with Crippen LogP contribution >= 0.6 is 12.0 Å². The van der Waals surface area contributed by atoms with E-state index in [1.165, 1.54) is 12.1 Å². The van der Waals surface area contributed by atoms with E-state index in [0.717, 1.165) is 12.0 Å². The molecule has 0 aliphatic heterocycles. The molecule has 2 rings (SSSR count). The van der Waals surface area contributed by atoms with E-state index in [1.54, 1.807) is 18.2 Å². The predicted molar refractivity (Wildman–Crippen MR) is 68.8 cm³/mol. The number of nitrogen functional groups attached to an aromatic ring is 1. The summed E-state index contributed by atoms with van der Waals surface area (Å²) in [5, 5.41) is 12.7. The smallest absolute Gasteiger partial charge is 0.296 e. The maximum absolute atomic E-state index is 11.1. The Bertz CT molecular complexity index is 715. The van der Waals surface area contributed by atoms with Crippen molar-refractivity contribution in [2.75, 3.05) is 5.73 Å². The van der Waals surface area contributed by atoms with Crippen LogP contribution in [0.1, 0.15) is 0 Å². The zero-order valence-electron chi connectivity index (χ0n) is 9.31. The fourth-order valence-electron chi connectivity index (χ4n) is 1.60. The molecule has 0 heterocycles. The van der Waals surface area contributed by atoms with Crippen LogP contribution < -0.4 is 5.73 Å². The number of fused-ring (bicyclic) bond motifs is 1. The highest BCUT2D eigenvalue weighted by Crippen LogP contribution is 2.29. The van der Waals surface area contributed by atoms with E-state index < -0.39 is 10.1 Å². The Morgan fingerprint density at radius 1 is 1.16 bits per heavy atom. The molecule has 0 aliphatic carbocycles. The second-order valence-electron chi connectivity index (χ2n) is 3.60. The number of hydrogen-bond acceptors (Lipinski definition) is 7. The van der Waals surface area contributed by atoms with Crippen molar-refractivity contribution in [1.29, 1.82) is 0 Å². The van der Waals surface area contributed by atoms with Crippen LogP contribution in [0.4, 0.5) is 5.69 Å². The molecule has 0 aliphatic rings. The quantitative estimate of drug-likeness (QED) is 0.258. The van der Waals surface area contributed by atoms with Crippen molar-refractivity contribution in [3.8, 4) is 0 Å². The first-order valence-corrected chi connectivity index (χ1v) is 7.05. The average molecular weight is 303 g/mol. The maximum atomic E-state index is 11.1. The van der Waals surface area contributed by atoms with Crippen molar-refractivity contribution in [2.24, 2.45) is 0 Å². The minimum atomic E-state index is -4.38. The topological polar surface area (TPSA) is 119 Å². The highest BCUT2D eigenvalue weighted by atomic mass is 32.2. The Morgan fingerprint density at radius 2 is 1.89 bits per heavy atom. The molecule has 19 heavy (non-hydrogen) atoms. The average Bonchev–Trinajstić information content (AvgIpc) is 2.34. The summed E-state index contributed by atoms with van der Waals surface area (Å²) < 4.78 is 35.6. The van der Waals surface area contributed by atoms with Gasteiger partial charge in [0.25, 0.3) is 10.1 Å². The fraction of sp³-hybridized carbons (Fsp3) is 0. The molecule has 2 aromatic rings. The van der Waals surface area contributed by atoms with Crippen LogP contribution in [-0.4, -0.2) is 18.2 Å². The number of rotatable bonds is 4. The van der Waals surface area contributed by atoms with E-state index in [4.69, 9.17) is 15.5 Å². The largest absolute Gasteiger partial charge is 0.398 e. The monoisotopic (exact) mass is 303 g/mol. The number of hydrogen-bond donors (Lipinski definition) is 3. The van der Waals surface area contributed by atoms with Crippen molar-refractivity contribution < 1.29 is 27.6 Å². The molecule has 0 unspecified atom stereocenters. The third-order valence-corrected chi connectivity index (χ3v) is 3.86. The second kappa shape index (κ2) is 5.33. The van der Waals surface area contributed by atoms with Gasteiger partial charge in [0.15, 0.2) is 0 Å². The number of nitrogens with two attached hydrogens (primary N) is 1. The maximum Gasteiger partial charge on any atom is 0.296 e. The first-order valence-electron chi connectivity index (χ1n) is 4.87. The minimum Gasteiger partial charge on any atom is -0.398 e. The minimum absolute atomic E-state index is 0.0367. The van der Waals surface area contributed by atoms with E-state index >= 15 is 0 Å². The lowest BCUT2D eigenvalue weighted by atomic mass is 10.1. The van der Waals surface area contributed by atoms with E-state index in [2.05, 4.69) is 9.37 Å². The van der Waals surface area contributed by atoms with Crippen LogP contribution in [0.3, 0.4) is 0 Å². The second-order valence-corrected chi connectivity index (χ2v) is 5.76. The highest BCUT2D eigenvalue weighted by Gasteiger charge is 2.15. The van der Waals surface area contributed by atoms with Crippen LogP contribution in [0, 0.1) is 0 Å². The lowest BCUT2D eigenvalue weighted by Crippen LogP contribution is -2.03. The molecule has 0 radical (unpaired) electrons. The molecule has 2 aromatic carbocycles. The van der Waals surface area contributed by atoms with Gasteiger partial charge in [0, 0.05) is 4.90 Å². The van der Waals surface area contributed by atoms with Gasteiger partial charge in [-0.1, -0.05) is 11.1 Å². The van der Waals surface area contributed by atoms with Gasteiger partial charge in [-0.25, -0.2) is 5.26 Å². The molecule has 0 bridgehead atoms. The van der Waals surface area contributed by atoms with Gasteiger partial charge in [0.05, 0.1) is 17.7 Å². The molecular formula is C10H9NO6S2. The molecule has 0 saturated carbocycles. The summed E-state index contributed by atoms with van der Waals surface area (Å²) in [6.07, 6.45) is 0. The number of anilines is 1. The zero-order chi connectivity index (χ0) is 14.0. The molecule has 4 N–H and O–H groups in total. The Labute approximate surface area is 112 Å². The van der Waals surface area contributed by atoms with Gasteiger partial charge in [-0.3, -0.25) is 4.55 Å². The fourth-order valence-corrected chi connectivity index (χ4v) is 2.64. The van der Waals surface area contributed by atoms with Gasteiger partial charge >= 0.3 is 0 Å². The SMILES string of the molecule is Nc1cc2ccc(SOOO)cc2cc1S(=O)(=O)O. The van der Waals surface area contributed by atoms with Gasteiger partial charge in [0.1, 0.15) is 4.90 Å². The summed E-state index contributed by atoms with van der Waals surface area (Å²) in [6.45, 7) is 0. The summed E-state index contributed by atoms with van der Waals surface area (Å²) >= 11 is 0.737. The predicted octanol–water partition coefficient (Wildman–Crippen LogP) is 2.10. The van der Waals surface area contributed by atoms with Crippen LogP contribution in [0.15, 0.2) is 40.1 Å². The van der Waals surface area contributed by atoms with Crippen LogP contribution in [0.25, 0.3) is 10.8 Å². The molecule has 9 heteroatoms. The Kier molecular flexibility index (Phi) is 3.94. The van der Waals surface area contributed by atoms with Gasteiger partial charge in [0.2, 0.25) is 0 Å². The molecule has 102 valence electrons. The van der Waals surface area contributed by atoms with Crippen molar-refractivity contribution >= 4 is 38.6 Å². The lowest BCUT2D eigenvalue weighted by Gasteiger charge is -2.06. The molecular weight excluding hydrogens is 294 g/mol. The van der Waals surface area contributed by atoms with Crippen molar-refractivity contribution in [2.45, 2.75) is 9.79 Å². The third-order valence-electron chi connectivity index (χ3n) is 2.38. The first kappa shape index (κ1) is 14.1. The molecule has 0 spiro atoms. The molecule has 0 aromatic heterocycles. The molecule has 0 atom stereocenters. The van der Waals surface area contributed by atoms with Crippen molar-refractivity contribution in [3.63, 3.8) is 0 Å². The normalized spacial score (nSPS) is 11.9. The Balaban J connectivity index is 2.55. The summed E-state index contributed by atoms with van der Waals surface area (Å²) in [6, 6.07) is 7.63. The summed E-state index contributed by atoms with van der Waals surface area (Å²) in [5.74, 6) is 0. The van der Waals surface area contributed by atoms with Gasteiger partial charge < -0.3 is 5.73 Å². The van der Waals surface area contributed by atoms with E-state index in [9.17, 15) is 8.42 Å². The molecule has 7 nitrogen and oxygen atoms in total. The van der Waals surface area contributed by atoms with E-state index in [1.807, 2.05) is 0 Å².